The maximum atomic E-state index is 12.9. The van der Waals surface area contributed by atoms with Crippen LogP contribution in [0.3, 0.4) is 0 Å². The molecule has 37 heavy (non-hydrogen) atoms. The average Bonchev–Trinajstić information content (AvgIpc) is 2.83. The van der Waals surface area contributed by atoms with Gasteiger partial charge in [0.2, 0.25) is 0 Å². The monoisotopic (exact) mass is 582 g/mol. The molecule has 0 aliphatic rings. The summed E-state index contributed by atoms with van der Waals surface area (Å²) in [6, 6.07) is 11.2. The van der Waals surface area contributed by atoms with Crippen molar-refractivity contribution in [3.8, 4) is 11.5 Å². The van der Waals surface area contributed by atoms with Crippen LogP contribution in [-0.2, 0) is 12.8 Å². The topological polar surface area (TPSA) is 129 Å². The summed E-state index contributed by atoms with van der Waals surface area (Å²) >= 11 is 3.39. The van der Waals surface area contributed by atoms with E-state index in [0.29, 0.717) is 45.8 Å². The highest BCUT2D eigenvalue weighted by atomic mass is 79.9. The summed E-state index contributed by atoms with van der Waals surface area (Å²) in [5.41, 5.74) is 1.37. The minimum atomic E-state index is -4.73. The van der Waals surface area contributed by atoms with Gasteiger partial charge in [0.05, 0.1) is 32.7 Å². The van der Waals surface area contributed by atoms with E-state index in [2.05, 4.69) is 26.5 Å². The van der Waals surface area contributed by atoms with Crippen LogP contribution in [0, 0.1) is 20.2 Å². The van der Waals surface area contributed by atoms with E-state index in [-0.39, 0.29) is 18.0 Å². The van der Waals surface area contributed by atoms with Gasteiger partial charge in [-0.15, -0.1) is 0 Å². The average molecular weight is 583 g/mol. The Hall–Kier alpha value is -4.20. The van der Waals surface area contributed by atoms with Crippen molar-refractivity contribution in [1.29, 1.82) is 0 Å². The molecule has 0 spiro atoms. The largest absolute Gasteiger partial charge is 0.490 e. The molecule has 194 valence electrons. The summed E-state index contributed by atoms with van der Waals surface area (Å²) < 4.78 is 50.6. The normalized spacial score (nSPS) is 11.4. The smallest absolute Gasteiger partial charge is 0.416 e. The highest BCUT2D eigenvalue weighted by Crippen LogP contribution is 2.38. The number of alkyl halides is 3. The van der Waals surface area contributed by atoms with E-state index in [1.165, 1.54) is 18.3 Å². The molecule has 0 atom stereocenters. The second-order valence-electron chi connectivity index (χ2n) is 7.33. The third-order valence-electron chi connectivity index (χ3n) is 4.78. The molecule has 0 radical (unpaired) electrons. The summed E-state index contributed by atoms with van der Waals surface area (Å²) in [6.45, 7) is 2.17. The Morgan fingerprint density at radius 1 is 1.03 bits per heavy atom. The molecule has 3 rings (SSSR count). The molecule has 0 saturated heterocycles. The van der Waals surface area contributed by atoms with Crippen LogP contribution < -0.4 is 14.9 Å². The van der Waals surface area contributed by atoms with Crippen molar-refractivity contribution in [3.63, 3.8) is 0 Å². The SMILES string of the molecule is CCOc1cc(/C=N\Nc2ccc(C(F)(F)F)cc2[N+](=O)[O-])cc(Br)c1OCc1ccc([N+](=O)[O-])cc1. The van der Waals surface area contributed by atoms with E-state index in [0.717, 1.165) is 6.07 Å². The van der Waals surface area contributed by atoms with Crippen LogP contribution in [0.5, 0.6) is 11.5 Å². The molecule has 0 fully saturated rings. The molecule has 3 aromatic rings. The van der Waals surface area contributed by atoms with Crippen LogP contribution >= 0.6 is 15.9 Å². The number of nitro groups is 2. The molecule has 0 bridgehead atoms. The number of non-ortho nitro benzene ring substituents is 1. The van der Waals surface area contributed by atoms with E-state index in [1.54, 1.807) is 31.2 Å². The third-order valence-corrected chi connectivity index (χ3v) is 5.37. The highest BCUT2D eigenvalue weighted by molar-refractivity contribution is 9.10. The van der Waals surface area contributed by atoms with Gasteiger partial charge in [-0.1, -0.05) is 0 Å². The molecule has 0 unspecified atom stereocenters. The number of hydrogen-bond acceptors (Lipinski definition) is 8. The number of rotatable bonds is 10. The summed E-state index contributed by atoms with van der Waals surface area (Å²) in [4.78, 5) is 20.6. The Morgan fingerprint density at radius 2 is 1.73 bits per heavy atom. The third kappa shape index (κ3) is 7.16. The van der Waals surface area contributed by atoms with Gasteiger partial charge >= 0.3 is 6.18 Å². The molecule has 0 aliphatic carbocycles. The standard InChI is InChI=1S/C23H18BrF3N4O6/c1-2-36-21-10-15(9-18(24)22(21)37-13-14-3-6-17(7-4-14)30(32)33)12-28-29-19-8-5-16(23(25,26)27)11-20(19)31(34)35/h3-12,29H,2,13H2,1H3/b28-12-. The Labute approximate surface area is 216 Å². The summed E-state index contributed by atoms with van der Waals surface area (Å²) in [7, 11) is 0. The first-order valence-corrected chi connectivity index (χ1v) is 11.3. The van der Waals surface area contributed by atoms with Crippen LogP contribution in [0.25, 0.3) is 0 Å². The predicted octanol–water partition coefficient (Wildman–Crippen LogP) is 6.71. The van der Waals surface area contributed by atoms with Crippen molar-refractivity contribution in [2.24, 2.45) is 5.10 Å². The van der Waals surface area contributed by atoms with Gasteiger partial charge in [0.25, 0.3) is 11.4 Å². The lowest BCUT2D eigenvalue weighted by Gasteiger charge is -2.14. The van der Waals surface area contributed by atoms with E-state index >= 15 is 0 Å². The van der Waals surface area contributed by atoms with Gasteiger partial charge in [-0.05, 0) is 70.4 Å². The number of nitrogens with zero attached hydrogens (tertiary/aromatic N) is 3. The number of anilines is 1. The van der Waals surface area contributed by atoms with Crippen molar-refractivity contribution in [1.82, 2.24) is 0 Å². The maximum absolute atomic E-state index is 12.9. The molecule has 0 aliphatic heterocycles. The predicted molar refractivity (Wildman–Crippen MR) is 132 cm³/mol. The molecular formula is C23H18BrF3N4O6. The number of hydrazone groups is 1. The number of ether oxygens (including phenoxy) is 2. The second kappa shape index (κ2) is 11.7. The zero-order chi connectivity index (χ0) is 27.2. The lowest BCUT2D eigenvalue weighted by Crippen LogP contribution is -2.06. The Bertz CT molecular complexity index is 1330. The molecule has 3 aromatic carbocycles. The molecule has 0 saturated carbocycles. The van der Waals surface area contributed by atoms with Crippen molar-refractivity contribution < 1.29 is 32.5 Å². The Balaban J connectivity index is 1.78. The summed E-state index contributed by atoms with van der Waals surface area (Å²) in [5, 5.41) is 25.9. The van der Waals surface area contributed by atoms with E-state index in [4.69, 9.17) is 9.47 Å². The van der Waals surface area contributed by atoms with Crippen molar-refractivity contribution in [3.05, 3.63) is 96.0 Å². The van der Waals surface area contributed by atoms with E-state index < -0.39 is 27.3 Å². The number of nitro benzene ring substituents is 2. The van der Waals surface area contributed by atoms with Gasteiger partial charge in [0.15, 0.2) is 11.5 Å². The fraction of sp³-hybridized carbons (Fsp3) is 0.174. The number of halogens is 4. The van der Waals surface area contributed by atoms with Crippen molar-refractivity contribution in [2.75, 3.05) is 12.0 Å². The Morgan fingerprint density at radius 3 is 2.32 bits per heavy atom. The van der Waals surface area contributed by atoms with Crippen molar-refractivity contribution in [2.45, 2.75) is 19.7 Å². The van der Waals surface area contributed by atoms with Gasteiger partial charge in [0, 0.05) is 18.2 Å². The molecule has 0 amide bonds. The fourth-order valence-corrected chi connectivity index (χ4v) is 3.64. The first kappa shape index (κ1) is 27.4. The van der Waals surface area contributed by atoms with Gasteiger partial charge < -0.3 is 9.47 Å². The van der Waals surface area contributed by atoms with Gasteiger partial charge in [-0.3, -0.25) is 25.7 Å². The fourth-order valence-electron chi connectivity index (χ4n) is 3.06. The molecule has 0 heterocycles. The lowest BCUT2D eigenvalue weighted by atomic mass is 10.1. The van der Waals surface area contributed by atoms with E-state index in [9.17, 15) is 33.4 Å². The van der Waals surface area contributed by atoms with Gasteiger partial charge in [-0.2, -0.15) is 18.3 Å². The Kier molecular flexibility index (Phi) is 8.65. The molecular weight excluding hydrogens is 565 g/mol. The zero-order valence-electron chi connectivity index (χ0n) is 19.0. The molecule has 0 aromatic heterocycles. The number of hydrogen-bond donors (Lipinski definition) is 1. The van der Waals surface area contributed by atoms with Crippen LogP contribution in [0.4, 0.5) is 30.2 Å². The zero-order valence-corrected chi connectivity index (χ0v) is 20.6. The molecule has 14 heteroatoms. The minimum absolute atomic E-state index is 0.0428. The van der Waals surface area contributed by atoms with Crippen LogP contribution in [0.15, 0.2) is 64.2 Å². The maximum Gasteiger partial charge on any atom is 0.416 e. The first-order valence-electron chi connectivity index (χ1n) is 10.5. The quantitative estimate of drug-likeness (QED) is 0.160. The van der Waals surface area contributed by atoms with E-state index in [1.807, 2.05) is 0 Å². The highest BCUT2D eigenvalue weighted by Gasteiger charge is 2.33. The van der Waals surface area contributed by atoms with Gasteiger partial charge in [-0.25, -0.2) is 0 Å². The number of nitrogens with one attached hydrogen (secondary N) is 1. The second-order valence-corrected chi connectivity index (χ2v) is 8.19. The van der Waals surface area contributed by atoms with Crippen LogP contribution in [-0.4, -0.2) is 22.7 Å². The number of benzene rings is 3. The first-order chi connectivity index (χ1) is 17.5. The lowest BCUT2D eigenvalue weighted by molar-refractivity contribution is -0.384. The van der Waals surface area contributed by atoms with Crippen LogP contribution in [0.2, 0.25) is 0 Å². The molecule has 1 N–H and O–H groups in total. The van der Waals surface area contributed by atoms with Crippen molar-refractivity contribution >= 4 is 39.2 Å². The minimum Gasteiger partial charge on any atom is -0.490 e. The molecule has 10 nitrogen and oxygen atoms in total. The summed E-state index contributed by atoms with van der Waals surface area (Å²) in [5.74, 6) is 0.712. The summed E-state index contributed by atoms with van der Waals surface area (Å²) in [6.07, 6.45) is -3.43. The van der Waals surface area contributed by atoms with Gasteiger partial charge in [0.1, 0.15) is 12.3 Å². The van der Waals surface area contributed by atoms with Crippen LogP contribution in [0.1, 0.15) is 23.6 Å².